The molecular weight excluding hydrogens is 535 g/mol. The lowest BCUT2D eigenvalue weighted by Gasteiger charge is -2.13. The summed E-state index contributed by atoms with van der Waals surface area (Å²) in [5, 5.41) is 1.67. The van der Waals surface area contributed by atoms with Crippen LogP contribution in [0.5, 0.6) is 0 Å². The molecule has 1 unspecified atom stereocenters. The number of thiazole rings is 1. The first-order valence-electron chi connectivity index (χ1n) is 11.3. The fraction of sp³-hybridized carbons (Fsp3) is 0.308. The van der Waals surface area contributed by atoms with Gasteiger partial charge in [-0.15, -0.1) is 11.8 Å². The molecule has 3 rings (SSSR count). The monoisotopic (exact) mass is 562 g/mol. The number of aromatic nitrogens is 2. The molecule has 0 aliphatic rings. The molecule has 1 aromatic carbocycles. The average Bonchev–Trinajstić information content (AvgIpc) is 3.20. The summed E-state index contributed by atoms with van der Waals surface area (Å²) in [7, 11) is 1.32. The second-order valence-electron chi connectivity index (χ2n) is 8.25. The zero-order valence-electron chi connectivity index (χ0n) is 21.0. The highest BCUT2D eigenvalue weighted by Gasteiger charge is 2.24. The van der Waals surface area contributed by atoms with E-state index in [2.05, 4.69) is 23.8 Å². The van der Waals surface area contributed by atoms with Gasteiger partial charge >= 0.3 is 5.97 Å². The summed E-state index contributed by atoms with van der Waals surface area (Å²) < 4.78 is 6.06. The maximum absolute atomic E-state index is 13.0. The third-order valence-electron chi connectivity index (χ3n) is 5.25. The van der Waals surface area contributed by atoms with Gasteiger partial charge in [0.05, 0.1) is 27.1 Å². The molecule has 0 aliphatic heterocycles. The van der Waals surface area contributed by atoms with Crippen molar-refractivity contribution in [3.8, 4) is 11.3 Å². The fourth-order valence-electron chi connectivity index (χ4n) is 3.44. The van der Waals surface area contributed by atoms with Gasteiger partial charge in [0.2, 0.25) is 5.13 Å². The Morgan fingerprint density at radius 1 is 1.17 bits per heavy atom. The average molecular weight is 564 g/mol. The summed E-state index contributed by atoms with van der Waals surface area (Å²) >= 11 is 15.5. The van der Waals surface area contributed by atoms with Crippen molar-refractivity contribution >= 4 is 68.7 Å². The summed E-state index contributed by atoms with van der Waals surface area (Å²) in [6, 6.07) is 9.13. The number of pyridine rings is 1. The number of benzene rings is 1. The summed E-state index contributed by atoms with van der Waals surface area (Å²) in [4.78, 5) is 26.9. The largest absolute Gasteiger partial charge is 0.464 e. The van der Waals surface area contributed by atoms with Gasteiger partial charge in [0.1, 0.15) is 0 Å². The van der Waals surface area contributed by atoms with Crippen LogP contribution in [0.1, 0.15) is 44.1 Å². The number of rotatable bonds is 8. The number of esters is 1. The molecular formula is C26H28Cl2N4O2S2. The Balaban J connectivity index is 2.22. The molecule has 2 N–H and O–H groups in total. The van der Waals surface area contributed by atoms with Crippen LogP contribution in [-0.4, -0.2) is 34.0 Å². The van der Waals surface area contributed by atoms with Crippen LogP contribution in [0.25, 0.3) is 16.8 Å². The zero-order valence-corrected chi connectivity index (χ0v) is 24.1. The van der Waals surface area contributed by atoms with Crippen molar-refractivity contribution < 1.29 is 9.53 Å². The zero-order chi connectivity index (χ0) is 26.6. The minimum atomic E-state index is -0.607. The van der Waals surface area contributed by atoms with Crippen LogP contribution < -0.4 is 5.73 Å². The standard InChI is InChI=1S/C26H28Cl2N4O2S2/c1-7-15(4)35-25-22(17-8-9-19(27)20(28)12-17)31-26(36-25)32-23(24(33)34-6)21(16(5)29)18-10-13(2)30-14(3)11-18/h8-12,15H,7,29H2,1-6H3. The number of halogens is 2. The number of allylic oxidation sites excluding steroid dienone is 1. The number of nitrogens with two attached hydrogens (primary N) is 1. The Kier molecular flexibility index (Phi) is 9.58. The van der Waals surface area contributed by atoms with Gasteiger partial charge in [0.25, 0.3) is 0 Å². The number of ether oxygens (including phenoxy) is 1. The Morgan fingerprint density at radius 3 is 2.39 bits per heavy atom. The van der Waals surface area contributed by atoms with Crippen molar-refractivity contribution in [1.82, 2.24) is 9.97 Å². The van der Waals surface area contributed by atoms with E-state index in [4.69, 9.17) is 38.7 Å². The normalized spacial score (nSPS) is 13.4. The number of hydrogen-bond acceptors (Lipinski definition) is 8. The van der Waals surface area contributed by atoms with E-state index >= 15 is 0 Å². The predicted molar refractivity (Wildman–Crippen MR) is 153 cm³/mol. The third-order valence-corrected chi connectivity index (χ3v) is 8.41. The molecule has 2 aromatic heterocycles. The number of aryl methyl sites for hydroxylation is 2. The van der Waals surface area contributed by atoms with E-state index in [0.717, 1.165) is 38.8 Å². The number of nitrogens with zero attached hydrogens (tertiary/aromatic N) is 3. The molecule has 0 saturated heterocycles. The molecule has 190 valence electrons. The summed E-state index contributed by atoms with van der Waals surface area (Å²) in [6.07, 6.45) is 0.982. The lowest BCUT2D eigenvalue weighted by molar-refractivity contribution is -0.132. The fourth-order valence-corrected chi connectivity index (χ4v) is 6.15. The third kappa shape index (κ3) is 6.68. The highest BCUT2D eigenvalue weighted by molar-refractivity contribution is 8.01. The van der Waals surface area contributed by atoms with Crippen molar-refractivity contribution in [2.75, 3.05) is 7.11 Å². The van der Waals surface area contributed by atoms with Crippen LogP contribution >= 0.6 is 46.3 Å². The molecule has 0 saturated carbocycles. The van der Waals surface area contributed by atoms with E-state index in [1.807, 2.05) is 32.0 Å². The quantitative estimate of drug-likeness (QED) is 0.172. The molecule has 3 aromatic rings. The van der Waals surface area contributed by atoms with Gasteiger partial charge in [0.15, 0.2) is 5.71 Å². The first-order valence-corrected chi connectivity index (χ1v) is 13.7. The maximum Gasteiger partial charge on any atom is 0.357 e. The topological polar surface area (TPSA) is 90.5 Å². The minimum Gasteiger partial charge on any atom is -0.464 e. The van der Waals surface area contributed by atoms with Crippen molar-refractivity contribution in [3.63, 3.8) is 0 Å². The predicted octanol–water partition coefficient (Wildman–Crippen LogP) is 7.65. The summed E-state index contributed by atoms with van der Waals surface area (Å²) in [6.45, 7) is 9.78. The van der Waals surface area contributed by atoms with Gasteiger partial charge in [0, 0.05) is 33.5 Å². The number of aliphatic imine (C=N–C) groups is 1. The molecule has 36 heavy (non-hydrogen) atoms. The Bertz CT molecular complexity index is 1330. The molecule has 2 heterocycles. The van der Waals surface area contributed by atoms with Crippen LogP contribution in [0.2, 0.25) is 10.0 Å². The SMILES string of the molecule is CCC(C)Sc1sc(N=C(C(=O)OC)C(=C(C)N)c2cc(C)nc(C)c2)nc1-c1ccc(Cl)c(Cl)c1. The van der Waals surface area contributed by atoms with Crippen LogP contribution in [0.4, 0.5) is 5.13 Å². The molecule has 0 spiro atoms. The first kappa shape index (κ1) is 28.2. The Labute approximate surface area is 230 Å². The molecule has 1 atom stereocenters. The molecule has 0 bridgehead atoms. The highest BCUT2D eigenvalue weighted by atomic mass is 35.5. The van der Waals surface area contributed by atoms with Crippen LogP contribution in [0.3, 0.4) is 0 Å². The summed E-state index contributed by atoms with van der Waals surface area (Å²) in [5.41, 5.74) is 11.2. The van der Waals surface area contributed by atoms with E-state index in [0.29, 0.717) is 31.7 Å². The number of hydrogen-bond donors (Lipinski definition) is 1. The molecule has 0 aliphatic carbocycles. The number of methoxy groups -OCH3 is 1. The second-order valence-corrected chi connectivity index (χ2v) is 11.7. The van der Waals surface area contributed by atoms with E-state index in [9.17, 15) is 4.79 Å². The van der Waals surface area contributed by atoms with Crippen LogP contribution in [0.15, 0.2) is 45.2 Å². The van der Waals surface area contributed by atoms with Gasteiger partial charge in [-0.3, -0.25) is 4.98 Å². The Morgan fingerprint density at radius 2 is 1.83 bits per heavy atom. The van der Waals surface area contributed by atoms with Gasteiger partial charge in [-0.1, -0.05) is 54.5 Å². The number of carbonyl (C=O) groups excluding carboxylic acids is 1. The van der Waals surface area contributed by atoms with Gasteiger partial charge in [-0.25, -0.2) is 14.8 Å². The van der Waals surface area contributed by atoms with E-state index in [1.165, 1.54) is 18.4 Å². The first-order chi connectivity index (χ1) is 17.0. The van der Waals surface area contributed by atoms with Gasteiger partial charge < -0.3 is 10.5 Å². The second kappa shape index (κ2) is 12.2. The molecule has 0 radical (unpaired) electrons. The highest BCUT2D eigenvalue weighted by Crippen LogP contribution is 2.43. The maximum atomic E-state index is 13.0. The molecule has 0 fully saturated rings. The van der Waals surface area contributed by atoms with Crippen LogP contribution in [0, 0.1) is 13.8 Å². The lowest BCUT2D eigenvalue weighted by Crippen LogP contribution is -2.20. The minimum absolute atomic E-state index is 0.0806. The smallest absolute Gasteiger partial charge is 0.357 e. The van der Waals surface area contributed by atoms with Crippen molar-refractivity contribution in [2.45, 2.75) is 50.5 Å². The van der Waals surface area contributed by atoms with E-state index in [1.54, 1.807) is 30.8 Å². The molecule has 0 amide bonds. The van der Waals surface area contributed by atoms with Crippen molar-refractivity contribution in [2.24, 2.45) is 10.7 Å². The van der Waals surface area contributed by atoms with Crippen molar-refractivity contribution in [1.29, 1.82) is 0 Å². The number of thioether (sulfide) groups is 1. The molecule has 6 nitrogen and oxygen atoms in total. The van der Waals surface area contributed by atoms with E-state index < -0.39 is 5.97 Å². The summed E-state index contributed by atoms with van der Waals surface area (Å²) in [5.74, 6) is -0.607. The van der Waals surface area contributed by atoms with Crippen molar-refractivity contribution in [3.05, 3.63) is 63.0 Å². The Hall–Kier alpha value is -2.39. The van der Waals surface area contributed by atoms with Gasteiger partial charge in [-0.2, -0.15) is 0 Å². The lowest BCUT2D eigenvalue weighted by atomic mass is 9.98. The number of carbonyl (C=O) groups is 1. The van der Waals surface area contributed by atoms with Gasteiger partial charge in [-0.05, 0) is 57.0 Å². The van der Waals surface area contributed by atoms with E-state index in [-0.39, 0.29) is 5.71 Å². The molecule has 10 heteroatoms. The van der Waals surface area contributed by atoms with Crippen LogP contribution in [-0.2, 0) is 9.53 Å².